The summed E-state index contributed by atoms with van der Waals surface area (Å²) < 4.78 is 0. The zero-order chi connectivity index (χ0) is 22.6. The summed E-state index contributed by atoms with van der Waals surface area (Å²) in [6.45, 7) is 2.99. The summed E-state index contributed by atoms with van der Waals surface area (Å²) >= 11 is 0. The van der Waals surface area contributed by atoms with Gasteiger partial charge in [-0.1, -0.05) is 43.5 Å². The van der Waals surface area contributed by atoms with Gasteiger partial charge in [0.1, 0.15) is 0 Å². The fourth-order valence-electron chi connectivity index (χ4n) is 3.18. The maximum Gasteiger partial charge on any atom is 0.224 e. The van der Waals surface area contributed by atoms with Crippen molar-refractivity contribution in [3.63, 3.8) is 0 Å². The Balaban J connectivity index is 1.57. The number of carbonyl (C=O) groups is 4. The minimum absolute atomic E-state index is 0.0330. The number of anilines is 2. The van der Waals surface area contributed by atoms with Crippen LogP contribution >= 0.6 is 0 Å². The van der Waals surface area contributed by atoms with E-state index in [0.717, 1.165) is 32.1 Å². The van der Waals surface area contributed by atoms with Crippen molar-refractivity contribution in [2.24, 2.45) is 0 Å². The SMILES string of the molecule is CC(=O)c1cccc(NC(=O)CCCCCCCC(=O)Nc2cccc(C(C)=O)c2)c1. The lowest BCUT2D eigenvalue weighted by Gasteiger charge is -2.07. The van der Waals surface area contributed by atoms with Gasteiger partial charge in [0, 0.05) is 35.3 Å². The molecule has 0 bridgehead atoms. The highest BCUT2D eigenvalue weighted by molar-refractivity contribution is 5.97. The van der Waals surface area contributed by atoms with Crippen molar-refractivity contribution in [3.05, 3.63) is 59.7 Å². The lowest BCUT2D eigenvalue weighted by molar-refractivity contribution is -0.117. The summed E-state index contributed by atoms with van der Waals surface area (Å²) in [4.78, 5) is 46.9. The molecule has 0 heterocycles. The van der Waals surface area contributed by atoms with E-state index in [-0.39, 0.29) is 23.4 Å². The number of carbonyl (C=O) groups excluding carboxylic acids is 4. The summed E-state index contributed by atoms with van der Waals surface area (Å²) in [5.74, 6) is -0.190. The molecule has 2 rings (SSSR count). The molecule has 0 aromatic heterocycles. The Hall–Kier alpha value is -3.28. The Kier molecular flexibility index (Phi) is 9.62. The third kappa shape index (κ3) is 8.95. The van der Waals surface area contributed by atoms with Crippen LogP contribution in [0.25, 0.3) is 0 Å². The van der Waals surface area contributed by atoms with Gasteiger partial charge in [-0.05, 0) is 51.0 Å². The van der Waals surface area contributed by atoms with E-state index >= 15 is 0 Å². The largest absolute Gasteiger partial charge is 0.326 e. The van der Waals surface area contributed by atoms with E-state index in [1.807, 2.05) is 0 Å². The number of amides is 2. The van der Waals surface area contributed by atoms with E-state index in [0.29, 0.717) is 35.3 Å². The average Bonchev–Trinajstić information content (AvgIpc) is 2.73. The lowest BCUT2D eigenvalue weighted by atomic mass is 10.1. The Morgan fingerprint density at radius 3 is 1.39 bits per heavy atom. The standard InChI is InChI=1S/C25H30N2O4/c1-18(28)20-10-8-12-22(16-20)26-24(30)14-6-4-3-5-7-15-25(31)27-23-13-9-11-21(17-23)19(2)29/h8-13,16-17H,3-7,14-15H2,1-2H3,(H,26,30)(H,27,31). The lowest BCUT2D eigenvalue weighted by Crippen LogP contribution is -2.12. The summed E-state index contributed by atoms with van der Waals surface area (Å²) in [7, 11) is 0. The highest BCUT2D eigenvalue weighted by Crippen LogP contribution is 2.14. The van der Waals surface area contributed by atoms with E-state index < -0.39 is 0 Å². The van der Waals surface area contributed by atoms with Crippen LogP contribution < -0.4 is 10.6 Å². The predicted molar refractivity (Wildman–Crippen MR) is 122 cm³/mol. The number of unbranched alkanes of at least 4 members (excludes halogenated alkanes) is 4. The van der Waals surface area contributed by atoms with Gasteiger partial charge in [-0.2, -0.15) is 0 Å². The molecule has 0 aliphatic rings. The predicted octanol–water partition coefficient (Wildman–Crippen LogP) is 5.40. The Labute approximate surface area is 183 Å². The van der Waals surface area contributed by atoms with E-state index in [1.54, 1.807) is 48.5 Å². The molecule has 0 radical (unpaired) electrons. The minimum atomic E-state index is -0.0622. The first-order chi connectivity index (χ1) is 14.8. The molecule has 2 amide bonds. The molecule has 0 aliphatic carbocycles. The van der Waals surface area contributed by atoms with Crippen molar-refractivity contribution >= 4 is 34.8 Å². The van der Waals surface area contributed by atoms with Crippen molar-refractivity contribution in [1.82, 2.24) is 0 Å². The topological polar surface area (TPSA) is 92.3 Å². The normalized spacial score (nSPS) is 10.4. The van der Waals surface area contributed by atoms with Gasteiger partial charge in [0.15, 0.2) is 11.6 Å². The van der Waals surface area contributed by atoms with Crippen LogP contribution in [0, 0.1) is 0 Å². The monoisotopic (exact) mass is 422 g/mol. The van der Waals surface area contributed by atoms with E-state index in [2.05, 4.69) is 10.6 Å². The second kappa shape index (κ2) is 12.4. The van der Waals surface area contributed by atoms with Crippen molar-refractivity contribution < 1.29 is 19.2 Å². The molecule has 6 heteroatoms. The summed E-state index contributed by atoms with van der Waals surface area (Å²) in [6.07, 6.45) is 5.21. The van der Waals surface area contributed by atoms with Gasteiger partial charge in [-0.25, -0.2) is 0 Å². The molecule has 2 N–H and O–H groups in total. The third-order valence-corrected chi connectivity index (χ3v) is 4.91. The van der Waals surface area contributed by atoms with Crippen molar-refractivity contribution in [1.29, 1.82) is 0 Å². The van der Waals surface area contributed by atoms with Crippen molar-refractivity contribution in [2.75, 3.05) is 10.6 Å². The Bertz CT molecular complexity index is 861. The Morgan fingerprint density at radius 2 is 1.00 bits per heavy atom. The van der Waals surface area contributed by atoms with Gasteiger partial charge in [0.25, 0.3) is 0 Å². The van der Waals surface area contributed by atoms with Gasteiger partial charge >= 0.3 is 0 Å². The molecule has 0 fully saturated rings. The number of ketones is 2. The average molecular weight is 423 g/mol. The van der Waals surface area contributed by atoms with Crippen LogP contribution in [0.1, 0.15) is 79.5 Å². The molecule has 0 atom stereocenters. The number of benzene rings is 2. The first-order valence-corrected chi connectivity index (χ1v) is 10.7. The molecule has 164 valence electrons. The summed E-state index contributed by atoms with van der Waals surface area (Å²) in [5.41, 5.74) is 2.43. The smallest absolute Gasteiger partial charge is 0.224 e. The van der Waals surface area contributed by atoms with Gasteiger partial charge in [-0.15, -0.1) is 0 Å². The molecule has 31 heavy (non-hydrogen) atoms. The van der Waals surface area contributed by atoms with Crippen LogP contribution in [0.5, 0.6) is 0 Å². The number of rotatable bonds is 12. The zero-order valence-electron chi connectivity index (χ0n) is 18.2. The molecule has 0 aliphatic heterocycles. The van der Waals surface area contributed by atoms with E-state index in [1.165, 1.54) is 13.8 Å². The molecule has 6 nitrogen and oxygen atoms in total. The fraction of sp³-hybridized carbons (Fsp3) is 0.360. The van der Waals surface area contributed by atoms with Crippen molar-refractivity contribution in [2.45, 2.75) is 58.8 Å². The fourth-order valence-corrected chi connectivity index (χ4v) is 3.18. The van der Waals surface area contributed by atoms with E-state index in [9.17, 15) is 19.2 Å². The maximum atomic E-state index is 12.0. The van der Waals surface area contributed by atoms with Gasteiger partial charge in [0.05, 0.1) is 0 Å². The summed E-state index contributed by atoms with van der Waals surface area (Å²) in [5, 5.41) is 5.65. The quantitative estimate of drug-likeness (QED) is 0.354. The molecule has 0 saturated carbocycles. The second-order valence-electron chi connectivity index (χ2n) is 7.64. The first-order valence-electron chi connectivity index (χ1n) is 10.7. The molecular weight excluding hydrogens is 392 g/mol. The number of hydrogen-bond donors (Lipinski definition) is 2. The molecule has 2 aromatic rings. The molecule has 0 unspecified atom stereocenters. The number of nitrogens with one attached hydrogen (secondary N) is 2. The van der Waals surface area contributed by atoms with Crippen LogP contribution in [0.3, 0.4) is 0 Å². The van der Waals surface area contributed by atoms with Gasteiger partial charge in [-0.3, -0.25) is 19.2 Å². The number of Topliss-reactive ketones (excluding diaryl/α,β-unsaturated/α-hetero) is 2. The van der Waals surface area contributed by atoms with Crippen LogP contribution in [0.2, 0.25) is 0 Å². The molecular formula is C25H30N2O4. The van der Waals surface area contributed by atoms with Crippen molar-refractivity contribution in [3.8, 4) is 0 Å². The van der Waals surface area contributed by atoms with Crippen LogP contribution in [-0.2, 0) is 9.59 Å². The van der Waals surface area contributed by atoms with Crippen LogP contribution in [-0.4, -0.2) is 23.4 Å². The summed E-state index contributed by atoms with van der Waals surface area (Å²) in [6, 6.07) is 13.9. The zero-order valence-corrected chi connectivity index (χ0v) is 18.2. The van der Waals surface area contributed by atoms with Crippen LogP contribution in [0.4, 0.5) is 11.4 Å². The molecule has 2 aromatic carbocycles. The Morgan fingerprint density at radius 1 is 0.613 bits per heavy atom. The maximum absolute atomic E-state index is 12.0. The second-order valence-corrected chi connectivity index (χ2v) is 7.64. The molecule has 0 spiro atoms. The first kappa shape index (κ1) is 24.0. The highest BCUT2D eigenvalue weighted by atomic mass is 16.2. The van der Waals surface area contributed by atoms with Gasteiger partial charge < -0.3 is 10.6 Å². The van der Waals surface area contributed by atoms with E-state index in [4.69, 9.17) is 0 Å². The number of hydrogen-bond acceptors (Lipinski definition) is 4. The third-order valence-electron chi connectivity index (χ3n) is 4.91. The molecule has 0 saturated heterocycles. The van der Waals surface area contributed by atoms with Crippen LogP contribution in [0.15, 0.2) is 48.5 Å². The van der Waals surface area contributed by atoms with Gasteiger partial charge in [0.2, 0.25) is 11.8 Å². The minimum Gasteiger partial charge on any atom is -0.326 e. The highest BCUT2D eigenvalue weighted by Gasteiger charge is 2.06.